The van der Waals surface area contributed by atoms with Gasteiger partial charge in [0.25, 0.3) is 0 Å². The third-order valence-corrected chi connectivity index (χ3v) is 2.83. The van der Waals surface area contributed by atoms with Crippen LogP contribution in [0.15, 0.2) is 16.5 Å². The van der Waals surface area contributed by atoms with Gasteiger partial charge in [-0.1, -0.05) is 0 Å². The standard InChI is InChI=1S/C11H15F3N2O/c12-11(13,14)10-2-1-9(17-10)3-6-16-7-4-15-5-8-16/h1-2,15H,3-8H2. The van der Waals surface area contributed by atoms with Crippen molar-refractivity contribution >= 4 is 0 Å². The molecule has 2 heterocycles. The molecule has 1 aliphatic rings. The molecule has 1 aromatic rings. The lowest BCUT2D eigenvalue weighted by atomic mass is 10.3. The molecule has 0 aromatic carbocycles. The molecule has 6 heteroatoms. The lowest BCUT2D eigenvalue weighted by Gasteiger charge is -2.26. The molecule has 1 N–H and O–H groups in total. The Morgan fingerprint density at radius 3 is 2.53 bits per heavy atom. The van der Waals surface area contributed by atoms with Crippen molar-refractivity contribution in [2.45, 2.75) is 12.6 Å². The molecular formula is C11H15F3N2O. The molecule has 1 aromatic heterocycles. The van der Waals surface area contributed by atoms with Crippen molar-refractivity contribution in [2.24, 2.45) is 0 Å². The average molecular weight is 248 g/mol. The summed E-state index contributed by atoms with van der Waals surface area (Å²) in [5, 5.41) is 3.22. The number of halogens is 3. The summed E-state index contributed by atoms with van der Waals surface area (Å²) in [5.41, 5.74) is 0. The third-order valence-electron chi connectivity index (χ3n) is 2.83. The number of alkyl halides is 3. The molecule has 96 valence electrons. The number of nitrogens with one attached hydrogen (secondary N) is 1. The summed E-state index contributed by atoms with van der Waals surface area (Å²) in [6, 6.07) is 2.40. The predicted octanol–water partition coefficient (Wildman–Crippen LogP) is 1.75. The molecular weight excluding hydrogens is 233 g/mol. The van der Waals surface area contributed by atoms with E-state index in [1.165, 1.54) is 6.07 Å². The van der Waals surface area contributed by atoms with Gasteiger partial charge in [0.1, 0.15) is 5.76 Å². The van der Waals surface area contributed by atoms with Gasteiger partial charge in [-0.3, -0.25) is 0 Å². The first kappa shape index (κ1) is 12.4. The Morgan fingerprint density at radius 1 is 1.24 bits per heavy atom. The molecule has 3 nitrogen and oxygen atoms in total. The van der Waals surface area contributed by atoms with E-state index in [4.69, 9.17) is 4.42 Å². The van der Waals surface area contributed by atoms with Crippen LogP contribution in [0.4, 0.5) is 13.2 Å². The zero-order valence-corrected chi connectivity index (χ0v) is 9.39. The summed E-state index contributed by atoms with van der Waals surface area (Å²) < 4.78 is 41.6. The van der Waals surface area contributed by atoms with E-state index in [-0.39, 0.29) is 0 Å². The summed E-state index contributed by atoms with van der Waals surface area (Å²) in [6.07, 6.45) is -3.86. The number of rotatable bonds is 3. The topological polar surface area (TPSA) is 28.4 Å². The summed E-state index contributed by atoms with van der Waals surface area (Å²) in [5.74, 6) is -0.510. The van der Waals surface area contributed by atoms with Crippen LogP contribution in [0.2, 0.25) is 0 Å². The fraction of sp³-hybridized carbons (Fsp3) is 0.636. The first-order valence-corrected chi connectivity index (χ1v) is 5.65. The van der Waals surface area contributed by atoms with Crippen LogP contribution >= 0.6 is 0 Å². The van der Waals surface area contributed by atoms with Crippen molar-refractivity contribution in [3.8, 4) is 0 Å². The first-order valence-electron chi connectivity index (χ1n) is 5.65. The molecule has 0 aliphatic carbocycles. The van der Waals surface area contributed by atoms with Crippen LogP contribution in [-0.4, -0.2) is 37.6 Å². The summed E-state index contributed by atoms with van der Waals surface area (Å²) in [7, 11) is 0. The fourth-order valence-electron chi connectivity index (χ4n) is 1.87. The van der Waals surface area contributed by atoms with Gasteiger partial charge in [-0.15, -0.1) is 0 Å². The molecule has 0 bridgehead atoms. The Kier molecular flexibility index (Phi) is 3.73. The van der Waals surface area contributed by atoms with E-state index < -0.39 is 11.9 Å². The maximum atomic E-state index is 12.3. The fourth-order valence-corrected chi connectivity index (χ4v) is 1.87. The number of hydrogen-bond donors (Lipinski definition) is 1. The summed E-state index contributed by atoms with van der Waals surface area (Å²) in [6.45, 7) is 4.49. The smallest absolute Gasteiger partial charge is 0.449 e. The van der Waals surface area contributed by atoms with E-state index in [9.17, 15) is 13.2 Å². The van der Waals surface area contributed by atoms with Crippen molar-refractivity contribution < 1.29 is 17.6 Å². The second-order valence-electron chi connectivity index (χ2n) is 4.11. The van der Waals surface area contributed by atoms with Crippen LogP contribution in [0.3, 0.4) is 0 Å². The Morgan fingerprint density at radius 2 is 1.94 bits per heavy atom. The third kappa shape index (κ3) is 3.47. The van der Waals surface area contributed by atoms with Gasteiger partial charge >= 0.3 is 6.18 Å². The Hall–Kier alpha value is -1.01. The highest BCUT2D eigenvalue weighted by molar-refractivity contribution is 5.10. The monoisotopic (exact) mass is 248 g/mol. The van der Waals surface area contributed by atoms with Crippen LogP contribution in [0, 0.1) is 0 Å². The predicted molar refractivity (Wildman–Crippen MR) is 56.7 cm³/mol. The largest absolute Gasteiger partial charge is 0.456 e. The molecule has 1 saturated heterocycles. The lowest BCUT2D eigenvalue weighted by molar-refractivity contribution is -0.153. The second-order valence-corrected chi connectivity index (χ2v) is 4.11. The van der Waals surface area contributed by atoms with Gasteiger partial charge in [-0.05, 0) is 12.1 Å². The highest BCUT2D eigenvalue weighted by atomic mass is 19.4. The van der Waals surface area contributed by atoms with Crippen LogP contribution in [-0.2, 0) is 12.6 Å². The highest BCUT2D eigenvalue weighted by Gasteiger charge is 2.34. The van der Waals surface area contributed by atoms with Crippen LogP contribution in [0.5, 0.6) is 0 Å². The highest BCUT2D eigenvalue weighted by Crippen LogP contribution is 2.30. The number of piperazine rings is 1. The Bertz CT molecular complexity index is 356. The van der Waals surface area contributed by atoms with Crippen molar-refractivity contribution in [1.82, 2.24) is 10.2 Å². The number of nitrogens with zero attached hydrogens (tertiary/aromatic N) is 1. The van der Waals surface area contributed by atoms with Gasteiger partial charge in [0.05, 0.1) is 0 Å². The normalized spacial score (nSPS) is 18.5. The molecule has 0 unspecified atom stereocenters. The minimum atomic E-state index is -4.38. The lowest BCUT2D eigenvalue weighted by Crippen LogP contribution is -2.44. The maximum Gasteiger partial charge on any atom is 0.449 e. The van der Waals surface area contributed by atoms with E-state index in [0.29, 0.717) is 12.2 Å². The van der Waals surface area contributed by atoms with E-state index in [1.54, 1.807) is 0 Å². The van der Waals surface area contributed by atoms with Gasteiger partial charge < -0.3 is 14.6 Å². The van der Waals surface area contributed by atoms with E-state index in [0.717, 1.165) is 38.8 Å². The average Bonchev–Trinajstić information content (AvgIpc) is 2.76. The quantitative estimate of drug-likeness (QED) is 0.883. The zero-order chi connectivity index (χ0) is 12.3. The van der Waals surface area contributed by atoms with E-state index in [2.05, 4.69) is 10.2 Å². The molecule has 0 saturated carbocycles. The van der Waals surface area contributed by atoms with Gasteiger partial charge in [0.2, 0.25) is 5.76 Å². The molecule has 0 radical (unpaired) electrons. The van der Waals surface area contributed by atoms with Gasteiger partial charge in [-0.25, -0.2) is 0 Å². The number of furan rings is 1. The summed E-state index contributed by atoms with van der Waals surface area (Å²) >= 11 is 0. The van der Waals surface area contributed by atoms with Crippen molar-refractivity contribution in [2.75, 3.05) is 32.7 Å². The first-order chi connectivity index (χ1) is 8.05. The molecule has 0 atom stereocenters. The molecule has 1 aliphatic heterocycles. The van der Waals surface area contributed by atoms with Crippen molar-refractivity contribution in [1.29, 1.82) is 0 Å². The van der Waals surface area contributed by atoms with E-state index in [1.807, 2.05) is 0 Å². The molecule has 2 rings (SSSR count). The molecule has 17 heavy (non-hydrogen) atoms. The van der Waals surface area contributed by atoms with Gasteiger partial charge in [0, 0.05) is 39.1 Å². The molecule has 1 fully saturated rings. The van der Waals surface area contributed by atoms with Crippen LogP contribution in [0.25, 0.3) is 0 Å². The Labute approximate surface area is 97.6 Å². The van der Waals surface area contributed by atoms with Crippen molar-refractivity contribution in [3.05, 3.63) is 23.7 Å². The minimum Gasteiger partial charge on any atom is -0.456 e. The number of hydrogen-bond acceptors (Lipinski definition) is 3. The summed E-state index contributed by atoms with van der Waals surface area (Å²) in [4.78, 5) is 2.21. The van der Waals surface area contributed by atoms with Crippen molar-refractivity contribution in [3.63, 3.8) is 0 Å². The van der Waals surface area contributed by atoms with Crippen LogP contribution < -0.4 is 5.32 Å². The maximum absolute atomic E-state index is 12.3. The van der Waals surface area contributed by atoms with E-state index >= 15 is 0 Å². The van der Waals surface area contributed by atoms with Crippen LogP contribution in [0.1, 0.15) is 11.5 Å². The molecule has 0 spiro atoms. The zero-order valence-electron chi connectivity index (χ0n) is 9.39. The molecule has 0 amide bonds. The SMILES string of the molecule is FC(F)(F)c1ccc(CCN2CCNCC2)o1. The Balaban J connectivity index is 1.84. The van der Waals surface area contributed by atoms with Gasteiger partial charge in [0.15, 0.2) is 0 Å². The second kappa shape index (κ2) is 5.10. The minimum absolute atomic E-state index is 0.399. The van der Waals surface area contributed by atoms with Gasteiger partial charge in [-0.2, -0.15) is 13.2 Å².